The van der Waals surface area contributed by atoms with Crippen molar-refractivity contribution in [2.75, 3.05) is 26.7 Å². The third-order valence-electron chi connectivity index (χ3n) is 6.43. The maximum Gasteiger partial charge on any atom is 0.265 e. The number of hydrogen-bond donors (Lipinski definition) is 2. The highest BCUT2D eigenvalue weighted by atomic mass is 32.1. The minimum Gasteiger partial charge on any atom is -0.497 e. The Morgan fingerprint density at radius 2 is 2.07 bits per heavy atom. The SMILES string of the molecule is COc1ccc2[nH]c3c(c2c1)CCNC31CCN(C(=O)c2sc(C)nc2C)CC1. The van der Waals surface area contributed by atoms with E-state index in [1.807, 2.05) is 24.8 Å². The Morgan fingerprint density at radius 3 is 2.76 bits per heavy atom. The molecule has 1 aromatic carbocycles. The highest BCUT2D eigenvalue weighted by Gasteiger charge is 2.42. The molecule has 2 N–H and O–H groups in total. The van der Waals surface area contributed by atoms with E-state index in [0.29, 0.717) is 0 Å². The van der Waals surface area contributed by atoms with E-state index in [1.165, 1.54) is 28.0 Å². The Bertz CT molecular complexity index is 1090. The van der Waals surface area contributed by atoms with Gasteiger partial charge in [0.1, 0.15) is 10.6 Å². The lowest BCUT2D eigenvalue weighted by Crippen LogP contribution is -2.55. The molecule has 0 radical (unpaired) electrons. The lowest BCUT2D eigenvalue weighted by molar-refractivity contribution is 0.0630. The Labute approximate surface area is 174 Å². The van der Waals surface area contributed by atoms with E-state index in [2.05, 4.69) is 27.4 Å². The molecule has 152 valence electrons. The molecular weight excluding hydrogens is 384 g/mol. The first-order chi connectivity index (χ1) is 14.0. The third-order valence-corrected chi connectivity index (χ3v) is 7.49. The molecule has 0 atom stereocenters. The smallest absolute Gasteiger partial charge is 0.265 e. The molecule has 1 saturated heterocycles. The van der Waals surface area contributed by atoms with Gasteiger partial charge < -0.3 is 19.9 Å². The lowest BCUT2D eigenvalue weighted by atomic mass is 9.79. The summed E-state index contributed by atoms with van der Waals surface area (Å²) in [6.07, 6.45) is 2.82. The van der Waals surface area contributed by atoms with Crippen molar-refractivity contribution in [2.45, 2.75) is 38.6 Å². The molecule has 0 bridgehead atoms. The molecule has 29 heavy (non-hydrogen) atoms. The highest BCUT2D eigenvalue weighted by molar-refractivity contribution is 7.13. The van der Waals surface area contributed by atoms with Crippen LogP contribution in [-0.2, 0) is 12.0 Å². The fraction of sp³-hybridized carbons (Fsp3) is 0.455. The van der Waals surface area contributed by atoms with Crippen molar-refractivity contribution in [1.29, 1.82) is 0 Å². The van der Waals surface area contributed by atoms with E-state index in [0.717, 1.165) is 65.7 Å². The molecule has 7 heteroatoms. The summed E-state index contributed by atoms with van der Waals surface area (Å²) in [6, 6.07) is 6.25. The van der Waals surface area contributed by atoms with Crippen molar-refractivity contribution >= 4 is 28.1 Å². The first-order valence-corrected chi connectivity index (χ1v) is 11.0. The van der Waals surface area contributed by atoms with Gasteiger partial charge in [-0.25, -0.2) is 4.98 Å². The van der Waals surface area contributed by atoms with E-state index in [9.17, 15) is 4.79 Å². The van der Waals surface area contributed by atoms with Crippen LogP contribution in [0, 0.1) is 13.8 Å². The average molecular weight is 411 g/mol. The number of hydrogen-bond acceptors (Lipinski definition) is 5. The summed E-state index contributed by atoms with van der Waals surface area (Å²) in [5, 5.41) is 5.99. The van der Waals surface area contributed by atoms with Crippen molar-refractivity contribution in [2.24, 2.45) is 0 Å². The van der Waals surface area contributed by atoms with Crippen LogP contribution in [-0.4, -0.2) is 47.5 Å². The molecule has 3 aromatic rings. The summed E-state index contributed by atoms with van der Waals surface area (Å²) in [4.78, 5) is 23.9. The summed E-state index contributed by atoms with van der Waals surface area (Å²) in [6.45, 7) is 6.34. The number of aromatic nitrogens is 2. The summed E-state index contributed by atoms with van der Waals surface area (Å²) in [5.41, 5.74) is 4.61. The Morgan fingerprint density at radius 1 is 1.28 bits per heavy atom. The second-order valence-electron chi connectivity index (χ2n) is 8.09. The van der Waals surface area contributed by atoms with E-state index >= 15 is 0 Å². The van der Waals surface area contributed by atoms with Crippen LogP contribution in [0.4, 0.5) is 0 Å². The van der Waals surface area contributed by atoms with Crippen molar-refractivity contribution in [3.05, 3.63) is 45.0 Å². The van der Waals surface area contributed by atoms with Crippen LogP contribution >= 0.6 is 11.3 Å². The second-order valence-corrected chi connectivity index (χ2v) is 9.29. The zero-order valence-corrected chi connectivity index (χ0v) is 17.9. The summed E-state index contributed by atoms with van der Waals surface area (Å²) < 4.78 is 5.44. The van der Waals surface area contributed by atoms with Crippen LogP contribution in [0.2, 0.25) is 0 Å². The van der Waals surface area contributed by atoms with Gasteiger partial charge >= 0.3 is 0 Å². The molecule has 1 amide bonds. The number of aryl methyl sites for hydroxylation is 2. The number of carbonyl (C=O) groups is 1. The zero-order chi connectivity index (χ0) is 20.2. The normalized spacial score (nSPS) is 18.2. The number of piperidine rings is 1. The number of aromatic amines is 1. The molecule has 2 aromatic heterocycles. The molecule has 5 rings (SSSR count). The summed E-state index contributed by atoms with van der Waals surface area (Å²) in [7, 11) is 1.71. The number of likely N-dealkylation sites (tertiary alicyclic amines) is 1. The number of thiazole rings is 1. The van der Waals surface area contributed by atoms with Gasteiger partial charge in [-0.1, -0.05) is 0 Å². The quantitative estimate of drug-likeness (QED) is 0.678. The molecule has 2 aliphatic rings. The van der Waals surface area contributed by atoms with Crippen LogP contribution in [0.15, 0.2) is 18.2 Å². The number of H-pyrrole nitrogens is 1. The van der Waals surface area contributed by atoms with Crippen molar-refractivity contribution in [3.63, 3.8) is 0 Å². The minimum absolute atomic E-state index is 0.0880. The van der Waals surface area contributed by atoms with Gasteiger partial charge in [0, 0.05) is 36.2 Å². The first kappa shape index (κ1) is 18.6. The van der Waals surface area contributed by atoms with E-state index in [4.69, 9.17) is 4.74 Å². The number of nitrogens with one attached hydrogen (secondary N) is 2. The fourth-order valence-electron chi connectivity index (χ4n) is 4.93. The van der Waals surface area contributed by atoms with Gasteiger partial charge in [-0.2, -0.15) is 0 Å². The van der Waals surface area contributed by atoms with E-state index < -0.39 is 0 Å². The molecule has 4 heterocycles. The molecule has 0 aliphatic carbocycles. The first-order valence-electron chi connectivity index (χ1n) is 10.2. The average Bonchev–Trinajstić information content (AvgIpc) is 3.28. The van der Waals surface area contributed by atoms with E-state index in [-0.39, 0.29) is 11.4 Å². The van der Waals surface area contributed by atoms with Crippen LogP contribution < -0.4 is 10.1 Å². The molecule has 0 saturated carbocycles. The van der Waals surface area contributed by atoms with Gasteiger partial charge in [0.2, 0.25) is 0 Å². The number of amides is 1. The highest BCUT2D eigenvalue weighted by Crippen LogP contribution is 2.41. The number of nitrogens with zero attached hydrogens (tertiary/aromatic N) is 2. The zero-order valence-electron chi connectivity index (χ0n) is 17.1. The number of rotatable bonds is 2. The topological polar surface area (TPSA) is 70.2 Å². The molecule has 0 unspecified atom stereocenters. The van der Waals surface area contributed by atoms with Crippen molar-refractivity contribution < 1.29 is 9.53 Å². The van der Waals surface area contributed by atoms with Gasteiger partial charge in [0.25, 0.3) is 5.91 Å². The van der Waals surface area contributed by atoms with Crippen LogP contribution in [0.5, 0.6) is 5.75 Å². The third kappa shape index (κ3) is 2.95. The van der Waals surface area contributed by atoms with Gasteiger partial charge in [0.15, 0.2) is 0 Å². The maximum absolute atomic E-state index is 13.0. The van der Waals surface area contributed by atoms with E-state index in [1.54, 1.807) is 7.11 Å². The second kappa shape index (κ2) is 6.85. The molecule has 6 nitrogen and oxygen atoms in total. The lowest BCUT2D eigenvalue weighted by Gasteiger charge is -2.44. The number of carbonyl (C=O) groups excluding carboxylic acids is 1. The monoisotopic (exact) mass is 410 g/mol. The largest absolute Gasteiger partial charge is 0.497 e. The van der Waals surface area contributed by atoms with Gasteiger partial charge in [-0.3, -0.25) is 4.79 Å². The predicted octanol–water partition coefficient (Wildman–Crippen LogP) is 3.53. The fourth-order valence-corrected chi connectivity index (χ4v) is 5.82. The van der Waals surface area contributed by atoms with Gasteiger partial charge in [0.05, 0.1) is 23.4 Å². The molecular formula is C22H26N4O2S. The maximum atomic E-state index is 13.0. The predicted molar refractivity (Wildman–Crippen MR) is 115 cm³/mol. The van der Waals surface area contributed by atoms with Crippen molar-refractivity contribution in [3.8, 4) is 5.75 Å². The number of fused-ring (bicyclic) bond motifs is 4. The van der Waals surface area contributed by atoms with Gasteiger partial charge in [-0.05, 0) is 56.9 Å². The number of methoxy groups -OCH3 is 1. The standard InChI is InChI=1S/C22H26N4O2S/c1-13-19(29-14(2)24-13)21(27)26-10-7-22(8-11-26)20-16(6-9-23-22)17-12-15(28-3)4-5-18(17)25-20/h4-5,12,23,25H,6-11H2,1-3H3. The Kier molecular flexibility index (Phi) is 4.40. The Balaban J connectivity index is 1.43. The van der Waals surface area contributed by atoms with Crippen LogP contribution in [0.25, 0.3) is 10.9 Å². The summed E-state index contributed by atoms with van der Waals surface area (Å²) >= 11 is 1.50. The minimum atomic E-state index is -0.0880. The number of ether oxygens (including phenoxy) is 1. The molecule has 2 aliphatic heterocycles. The van der Waals surface area contributed by atoms with Crippen LogP contribution in [0.1, 0.15) is 44.5 Å². The van der Waals surface area contributed by atoms with Crippen molar-refractivity contribution in [1.82, 2.24) is 20.2 Å². The molecule has 1 fully saturated rings. The number of benzene rings is 1. The van der Waals surface area contributed by atoms with Gasteiger partial charge in [-0.15, -0.1) is 11.3 Å². The van der Waals surface area contributed by atoms with Crippen LogP contribution in [0.3, 0.4) is 0 Å². The summed E-state index contributed by atoms with van der Waals surface area (Å²) in [5.74, 6) is 1.02. The molecule has 1 spiro atoms. The Hall–Kier alpha value is -2.38.